The number of carbonyl (C=O) groups excluding carboxylic acids is 2. The Hall–Kier alpha value is -4.72. The van der Waals surface area contributed by atoms with Crippen molar-refractivity contribution in [3.63, 3.8) is 0 Å². The fourth-order valence-corrected chi connectivity index (χ4v) is 5.03. The van der Waals surface area contributed by atoms with Crippen LogP contribution < -0.4 is 14.2 Å². The van der Waals surface area contributed by atoms with E-state index in [1.165, 1.54) is 12.0 Å². The number of amides is 1. The molecule has 2 N–H and O–H groups in total. The fraction of sp³-hybridized carbons (Fsp3) is 0.226. The number of fused-ring (bicyclic) bond motifs is 1. The van der Waals surface area contributed by atoms with Gasteiger partial charge < -0.3 is 29.2 Å². The molecule has 0 radical (unpaired) electrons. The zero-order valence-corrected chi connectivity index (χ0v) is 22.1. The van der Waals surface area contributed by atoms with Crippen LogP contribution in [0.5, 0.6) is 17.2 Å². The Labute approximate surface area is 226 Å². The number of nitrogens with one attached hydrogen (secondary N) is 1. The SMILES string of the molecule is CCOc1ccc(C2/C(=C(/O)c3cccc(OC)c3)C(=O)C(=O)N2CCc2c[nH]c3ccc(OC)cc23)cc1. The first-order chi connectivity index (χ1) is 18.9. The number of methoxy groups -OCH3 is 2. The number of aromatic nitrogens is 1. The summed E-state index contributed by atoms with van der Waals surface area (Å²) in [7, 11) is 3.14. The molecule has 8 heteroatoms. The topological polar surface area (TPSA) is 101 Å². The van der Waals surface area contributed by atoms with Gasteiger partial charge in [0, 0.05) is 29.2 Å². The number of rotatable bonds is 9. The van der Waals surface area contributed by atoms with Crippen LogP contribution in [0.3, 0.4) is 0 Å². The molecule has 0 aliphatic carbocycles. The summed E-state index contributed by atoms with van der Waals surface area (Å²) in [6.07, 6.45) is 2.40. The Morgan fingerprint density at radius 3 is 2.38 bits per heavy atom. The van der Waals surface area contributed by atoms with E-state index in [1.807, 2.05) is 43.5 Å². The highest BCUT2D eigenvalue weighted by molar-refractivity contribution is 6.46. The molecule has 1 unspecified atom stereocenters. The van der Waals surface area contributed by atoms with Crippen molar-refractivity contribution in [1.29, 1.82) is 0 Å². The molecule has 1 aromatic heterocycles. The van der Waals surface area contributed by atoms with Gasteiger partial charge in [-0.15, -0.1) is 0 Å². The molecule has 1 aliphatic heterocycles. The summed E-state index contributed by atoms with van der Waals surface area (Å²) in [5.74, 6) is 0.312. The molecule has 4 aromatic rings. The molecule has 1 amide bonds. The lowest BCUT2D eigenvalue weighted by atomic mass is 9.95. The van der Waals surface area contributed by atoms with Gasteiger partial charge >= 0.3 is 0 Å². The number of aliphatic hydroxyl groups excluding tert-OH is 1. The lowest BCUT2D eigenvalue weighted by Crippen LogP contribution is -2.31. The minimum atomic E-state index is -0.772. The lowest BCUT2D eigenvalue weighted by molar-refractivity contribution is -0.139. The van der Waals surface area contributed by atoms with Gasteiger partial charge in [-0.2, -0.15) is 0 Å². The first kappa shape index (κ1) is 25.9. The Morgan fingerprint density at radius 2 is 1.67 bits per heavy atom. The zero-order valence-electron chi connectivity index (χ0n) is 22.1. The first-order valence-corrected chi connectivity index (χ1v) is 12.7. The van der Waals surface area contributed by atoms with Gasteiger partial charge in [-0.3, -0.25) is 9.59 Å². The highest BCUT2D eigenvalue weighted by Crippen LogP contribution is 2.40. The van der Waals surface area contributed by atoms with E-state index in [-0.39, 0.29) is 17.9 Å². The van der Waals surface area contributed by atoms with Crippen LogP contribution >= 0.6 is 0 Å². The minimum absolute atomic E-state index is 0.0398. The van der Waals surface area contributed by atoms with Crippen molar-refractivity contribution >= 4 is 28.4 Å². The van der Waals surface area contributed by atoms with Crippen molar-refractivity contribution < 1.29 is 28.9 Å². The molecule has 1 atom stereocenters. The van der Waals surface area contributed by atoms with Gasteiger partial charge in [0.2, 0.25) is 0 Å². The Morgan fingerprint density at radius 1 is 0.949 bits per heavy atom. The molecule has 0 spiro atoms. The van der Waals surface area contributed by atoms with Crippen molar-refractivity contribution in [2.75, 3.05) is 27.4 Å². The molecule has 2 heterocycles. The number of likely N-dealkylation sites (tertiary alicyclic amines) is 1. The van der Waals surface area contributed by atoms with Gasteiger partial charge in [-0.1, -0.05) is 24.3 Å². The van der Waals surface area contributed by atoms with E-state index >= 15 is 0 Å². The molecule has 3 aromatic carbocycles. The third-order valence-electron chi connectivity index (χ3n) is 6.99. The molecule has 0 bridgehead atoms. The highest BCUT2D eigenvalue weighted by atomic mass is 16.5. The summed E-state index contributed by atoms with van der Waals surface area (Å²) < 4.78 is 16.3. The van der Waals surface area contributed by atoms with E-state index in [2.05, 4.69) is 4.98 Å². The van der Waals surface area contributed by atoms with Crippen LogP contribution in [-0.2, 0) is 16.0 Å². The van der Waals surface area contributed by atoms with E-state index in [9.17, 15) is 14.7 Å². The number of ether oxygens (including phenoxy) is 3. The summed E-state index contributed by atoms with van der Waals surface area (Å²) in [6.45, 7) is 2.68. The Bertz CT molecular complexity index is 1550. The molecule has 39 heavy (non-hydrogen) atoms. The zero-order chi connectivity index (χ0) is 27.5. The second-order valence-corrected chi connectivity index (χ2v) is 9.20. The van der Waals surface area contributed by atoms with Gasteiger partial charge in [-0.25, -0.2) is 0 Å². The number of hydrogen-bond acceptors (Lipinski definition) is 6. The second-order valence-electron chi connectivity index (χ2n) is 9.20. The molecule has 1 fully saturated rings. The molecule has 1 saturated heterocycles. The number of benzene rings is 3. The summed E-state index contributed by atoms with van der Waals surface area (Å²) in [5.41, 5.74) is 3.07. The standard InChI is InChI=1S/C31H30N2O6/c1-4-39-22-10-8-19(9-11-22)28-27(29(34)20-6-5-7-23(16-20)37-2)30(35)31(36)33(28)15-14-21-18-32-26-13-12-24(38-3)17-25(21)26/h5-13,16-18,28,32,34H,4,14-15H2,1-3H3/b29-27-. The van der Waals surface area contributed by atoms with Gasteiger partial charge in [0.15, 0.2) is 0 Å². The quantitative estimate of drug-likeness (QED) is 0.176. The van der Waals surface area contributed by atoms with Crippen molar-refractivity contribution in [2.24, 2.45) is 0 Å². The monoisotopic (exact) mass is 526 g/mol. The summed E-state index contributed by atoms with van der Waals surface area (Å²) in [5, 5.41) is 12.3. The number of ketones is 1. The third kappa shape index (κ3) is 4.93. The van der Waals surface area contributed by atoms with Gasteiger partial charge in [-0.05, 0) is 66.9 Å². The van der Waals surface area contributed by atoms with Gasteiger partial charge in [0.25, 0.3) is 11.7 Å². The number of Topliss-reactive ketones (excluding diaryl/α,β-unsaturated/α-hetero) is 1. The Balaban J connectivity index is 1.55. The van der Waals surface area contributed by atoms with E-state index in [4.69, 9.17) is 14.2 Å². The van der Waals surface area contributed by atoms with Crippen molar-refractivity contribution in [1.82, 2.24) is 9.88 Å². The van der Waals surface area contributed by atoms with E-state index in [0.717, 1.165) is 22.2 Å². The van der Waals surface area contributed by atoms with Crippen LogP contribution in [0.25, 0.3) is 16.7 Å². The highest BCUT2D eigenvalue weighted by Gasteiger charge is 2.46. The summed E-state index contributed by atoms with van der Waals surface area (Å²) >= 11 is 0. The van der Waals surface area contributed by atoms with E-state index < -0.39 is 17.7 Å². The maximum Gasteiger partial charge on any atom is 0.295 e. The average molecular weight is 527 g/mol. The van der Waals surface area contributed by atoms with Crippen LogP contribution in [0.1, 0.15) is 29.7 Å². The van der Waals surface area contributed by atoms with Crippen LogP contribution in [0, 0.1) is 0 Å². The molecule has 5 rings (SSSR count). The normalized spacial score (nSPS) is 16.6. The number of aliphatic hydroxyl groups is 1. The van der Waals surface area contributed by atoms with Crippen LogP contribution in [-0.4, -0.2) is 54.1 Å². The molecule has 1 aliphatic rings. The number of hydrogen-bond donors (Lipinski definition) is 2. The molecule has 0 saturated carbocycles. The molecular weight excluding hydrogens is 496 g/mol. The van der Waals surface area contributed by atoms with Crippen LogP contribution in [0.2, 0.25) is 0 Å². The smallest absolute Gasteiger partial charge is 0.295 e. The predicted molar refractivity (Wildman–Crippen MR) is 148 cm³/mol. The number of H-pyrrole nitrogens is 1. The van der Waals surface area contributed by atoms with E-state index in [0.29, 0.717) is 35.7 Å². The first-order valence-electron chi connectivity index (χ1n) is 12.7. The second kappa shape index (κ2) is 10.9. The molecule has 200 valence electrons. The largest absolute Gasteiger partial charge is 0.507 e. The third-order valence-corrected chi connectivity index (χ3v) is 6.99. The Kier molecular flexibility index (Phi) is 7.27. The number of carbonyl (C=O) groups is 2. The van der Waals surface area contributed by atoms with Gasteiger partial charge in [0.1, 0.15) is 23.0 Å². The number of aromatic amines is 1. The van der Waals surface area contributed by atoms with Crippen molar-refractivity contribution in [3.05, 3.63) is 95.2 Å². The average Bonchev–Trinajstić information content (AvgIpc) is 3.49. The fourth-order valence-electron chi connectivity index (χ4n) is 5.03. The molecule has 8 nitrogen and oxygen atoms in total. The molecular formula is C31H30N2O6. The maximum absolute atomic E-state index is 13.4. The lowest BCUT2D eigenvalue weighted by Gasteiger charge is -2.25. The summed E-state index contributed by atoms with van der Waals surface area (Å²) in [6, 6.07) is 19.0. The maximum atomic E-state index is 13.4. The predicted octanol–water partition coefficient (Wildman–Crippen LogP) is 5.25. The van der Waals surface area contributed by atoms with Crippen molar-refractivity contribution in [3.8, 4) is 17.2 Å². The van der Waals surface area contributed by atoms with Gasteiger partial charge in [0.05, 0.1) is 32.4 Å². The number of nitrogens with zero attached hydrogens (tertiary/aromatic N) is 1. The minimum Gasteiger partial charge on any atom is -0.507 e. The van der Waals surface area contributed by atoms with Crippen LogP contribution in [0.15, 0.2) is 78.5 Å². The summed E-state index contributed by atoms with van der Waals surface area (Å²) in [4.78, 5) is 31.6. The van der Waals surface area contributed by atoms with Crippen LogP contribution in [0.4, 0.5) is 0 Å². The van der Waals surface area contributed by atoms with Crippen molar-refractivity contribution in [2.45, 2.75) is 19.4 Å². The van der Waals surface area contributed by atoms with E-state index in [1.54, 1.807) is 43.5 Å².